The van der Waals surface area contributed by atoms with Gasteiger partial charge in [-0.1, -0.05) is 0 Å². The summed E-state index contributed by atoms with van der Waals surface area (Å²) in [5, 5.41) is 8.78. The summed E-state index contributed by atoms with van der Waals surface area (Å²) in [4.78, 5) is 47.7. The topological polar surface area (TPSA) is 130 Å². The van der Waals surface area contributed by atoms with E-state index in [1.165, 1.54) is 12.0 Å². The minimum Gasteiger partial charge on any atom is -0.480 e. The number of ether oxygens (including phenoxy) is 1. The fourth-order valence-electron chi connectivity index (χ4n) is 2.25. The summed E-state index contributed by atoms with van der Waals surface area (Å²) in [5.41, 5.74) is 5.02. The molecule has 0 radical (unpaired) electrons. The van der Waals surface area contributed by atoms with Crippen molar-refractivity contribution in [3.8, 4) is 0 Å². The molecule has 0 aromatic rings. The number of carboxylic acids is 1. The van der Waals surface area contributed by atoms with Crippen LogP contribution < -0.4 is 5.73 Å². The second kappa shape index (κ2) is 7.46. The molecule has 0 aliphatic carbocycles. The molecule has 118 valence electrons. The Morgan fingerprint density at radius 3 is 2.52 bits per heavy atom. The van der Waals surface area contributed by atoms with Crippen LogP contribution in [0, 0.1) is 5.92 Å². The molecule has 1 heterocycles. The largest absolute Gasteiger partial charge is 0.480 e. The lowest BCUT2D eigenvalue weighted by Gasteiger charge is -2.34. The molecule has 9 nitrogen and oxygen atoms in total. The maximum absolute atomic E-state index is 12.3. The normalized spacial score (nSPS) is 18.0. The number of amides is 3. The zero-order chi connectivity index (χ0) is 16.0. The SMILES string of the molecule is COC(=O)C1CCCN(C(=O)N(CC(N)=O)CC(=O)O)C1. The van der Waals surface area contributed by atoms with Gasteiger partial charge in [0.25, 0.3) is 0 Å². The van der Waals surface area contributed by atoms with E-state index in [1.54, 1.807) is 0 Å². The first-order valence-electron chi connectivity index (χ1n) is 6.47. The van der Waals surface area contributed by atoms with Crippen LogP contribution in [0.15, 0.2) is 0 Å². The predicted octanol–water partition coefficient (Wildman–Crippen LogP) is -1.14. The van der Waals surface area contributed by atoms with E-state index in [1.807, 2.05) is 0 Å². The van der Waals surface area contributed by atoms with E-state index in [9.17, 15) is 19.2 Å². The number of nitrogens with two attached hydrogens (primary N) is 1. The van der Waals surface area contributed by atoms with Gasteiger partial charge in [0.05, 0.1) is 13.0 Å². The first-order valence-corrected chi connectivity index (χ1v) is 6.47. The van der Waals surface area contributed by atoms with Crippen molar-refractivity contribution in [1.82, 2.24) is 9.80 Å². The summed E-state index contributed by atoms with van der Waals surface area (Å²) >= 11 is 0. The van der Waals surface area contributed by atoms with Gasteiger partial charge in [-0.25, -0.2) is 4.79 Å². The summed E-state index contributed by atoms with van der Waals surface area (Å²) in [6.45, 7) is -0.576. The Morgan fingerprint density at radius 1 is 1.33 bits per heavy atom. The highest BCUT2D eigenvalue weighted by molar-refractivity contribution is 5.86. The summed E-state index contributed by atoms with van der Waals surface area (Å²) < 4.78 is 4.65. The van der Waals surface area contributed by atoms with Crippen molar-refractivity contribution >= 4 is 23.9 Å². The lowest BCUT2D eigenvalue weighted by Crippen LogP contribution is -2.52. The monoisotopic (exact) mass is 301 g/mol. The maximum Gasteiger partial charge on any atom is 0.323 e. The molecule has 1 rings (SSSR count). The van der Waals surface area contributed by atoms with Crippen LogP contribution in [-0.4, -0.2) is 72.1 Å². The number of urea groups is 1. The van der Waals surface area contributed by atoms with Gasteiger partial charge in [-0.3, -0.25) is 14.4 Å². The number of primary amides is 1. The molecule has 0 bridgehead atoms. The number of rotatable bonds is 5. The van der Waals surface area contributed by atoms with Gasteiger partial charge in [-0.15, -0.1) is 0 Å². The Morgan fingerprint density at radius 2 is 2.00 bits per heavy atom. The maximum atomic E-state index is 12.3. The second-order valence-corrected chi connectivity index (χ2v) is 4.81. The number of esters is 1. The van der Waals surface area contributed by atoms with Crippen LogP contribution in [0.4, 0.5) is 4.79 Å². The number of piperidine rings is 1. The van der Waals surface area contributed by atoms with Crippen molar-refractivity contribution in [1.29, 1.82) is 0 Å². The third-order valence-electron chi connectivity index (χ3n) is 3.17. The van der Waals surface area contributed by atoms with E-state index >= 15 is 0 Å². The third-order valence-corrected chi connectivity index (χ3v) is 3.17. The van der Waals surface area contributed by atoms with E-state index < -0.39 is 42.9 Å². The lowest BCUT2D eigenvalue weighted by molar-refractivity contribution is -0.147. The van der Waals surface area contributed by atoms with Gasteiger partial charge in [0.2, 0.25) is 5.91 Å². The van der Waals surface area contributed by atoms with E-state index in [2.05, 4.69) is 4.74 Å². The zero-order valence-electron chi connectivity index (χ0n) is 11.8. The summed E-state index contributed by atoms with van der Waals surface area (Å²) in [6, 6.07) is -0.621. The van der Waals surface area contributed by atoms with Crippen LogP contribution in [-0.2, 0) is 19.1 Å². The number of hydrogen-bond acceptors (Lipinski definition) is 5. The van der Waals surface area contributed by atoms with E-state index in [4.69, 9.17) is 10.8 Å². The molecule has 3 N–H and O–H groups in total. The van der Waals surface area contributed by atoms with Gasteiger partial charge < -0.3 is 25.4 Å². The molecule has 3 amide bonds. The Balaban J connectivity index is 2.75. The van der Waals surface area contributed by atoms with Crippen LogP contribution >= 0.6 is 0 Å². The minimum atomic E-state index is -1.24. The number of nitrogens with zero attached hydrogens (tertiary/aromatic N) is 2. The van der Waals surface area contributed by atoms with Crippen molar-refractivity contribution in [2.75, 3.05) is 33.3 Å². The summed E-state index contributed by atoms with van der Waals surface area (Å²) in [7, 11) is 1.27. The lowest BCUT2D eigenvalue weighted by atomic mass is 9.98. The number of likely N-dealkylation sites (tertiary alicyclic amines) is 1. The first-order chi connectivity index (χ1) is 9.85. The molecule has 0 aromatic heterocycles. The fraction of sp³-hybridized carbons (Fsp3) is 0.667. The molecule has 0 spiro atoms. The summed E-state index contributed by atoms with van der Waals surface area (Å²) in [5.74, 6) is -2.89. The molecule has 1 aliphatic heterocycles. The van der Waals surface area contributed by atoms with Crippen molar-refractivity contribution < 1.29 is 29.0 Å². The van der Waals surface area contributed by atoms with E-state index in [0.717, 1.165) is 4.90 Å². The number of aliphatic carboxylic acids is 1. The molecule has 21 heavy (non-hydrogen) atoms. The highest BCUT2D eigenvalue weighted by atomic mass is 16.5. The molecule has 1 saturated heterocycles. The highest BCUT2D eigenvalue weighted by Gasteiger charge is 2.32. The van der Waals surface area contributed by atoms with Crippen LogP contribution in [0.2, 0.25) is 0 Å². The fourth-order valence-corrected chi connectivity index (χ4v) is 2.25. The number of carboxylic acid groups (broad SMARTS) is 1. The van der Waals surface area contributed by atoms with Crippen molar-refractivity contribution in [3.63, 3.8) is 0 Å². The molecule has 1 fully saturated rings. The molecule has 1 unspecified atom stereocenters. The first kappa shape index (κ1) is 16.7. The average Bonchev–Trinajstić information content (AvgIpc) is 2.44. The Bertz CT molecular complexity index is 423. The molecular formula is C12H19N3O6. The van der Waals surface area contributed by atoms with Gasteiger partial charge >= 0.3 is 18.0 Å². The highest BCUT2D eigenvalue weighted by Crippen LogP contribution is 2.18. The van der Waals surface area contributed by atoms with Crippen LogP contribution in [0.25, 0.3) is 0 Å². The smallest absolute Gasteiger partial charge is 0.323 e. The molecular weight excluding hydrogens is 282 g/mol. The Labute approximate surface area is 121 Å². The Kier molecular flexibility index (Phi) is 5.94. The quantitative estimate of drug-likeness (QED) is 0.617. The second-order valence-electron chi connectivity index (χ2n) is 4.81. The zero-order valence-corrected chi connectivity index (χ0v) is 11.8. The van der Waals surface area contributed by atoms with Gasteiger partial charge in [0, 0.05) is 13.1 Å². The van der Waals surface area contributed by atoms with Gasteiger partial charge in [-0.2, -0.15) is 0 Å². The van der Waals surface area contributed by atoms with Gasteiger partial charge in [-0.05, 0) is 12.8 Å². The molecule has 1 atom stereocenters. The number of carbonyl (C=O) groups excluding carboxylic acids is 3. The number of methoxy groups -OCH3 is 1. The van der Waals surface area contributed by atoms with Crippen LogP contribution in [0.3, 0.4) is 0 Å². The molecule has 1 aliphatic rings. The van der Waals surface area contributed by atoms with Crippen molar-refractivity contribution in [3.05, 3.63) is 0 Å². The Hall–Kier alpha value is -2.32. The third kappa shape index (κ3) is 4.93. The molecule has 0 saturated carbocycles. The van der Waals surface area contributed by atoms with Crippen LogP contribution in [0.5, 0.6) is 0 Å². The van der Waals surface area contributed by atoms with E-state index in [0.29, 0.717) is 19.4 Å². The van der Waals surface area contributed by atoms with Crippen molar-refractivity contribution in [2.45, 2.75) is 12.8 Å². The van der Waals surface area contributed by atoms with Gasteiger partial charge in [0.1, 0.15) is 13.1 Å². The summed E-state index contributed by atoms with van der Waals surface area (Å²) in [6.07, 6.45) is 1.20. The number of carbonyl (C=O) groups is 4. The van der Waals surface area contributed by atoms with Crippen molar-refractivity contribution in [2.24, 2.45) is 11.7 Å². The standard InChI is InChI=1S/C12H19N3O6/c1-21-11(19)8-3-2-4-14(5-8)12(20)15(6-9(13)16)7-10(17)18/h8H,2-7H2,1H3,(H2,13,16)(H,17,18). The average molecular weight is 301 g/mol. The minimum absolute atomic E-state index is 0.139. The van der Waals surface area contributed by atoms with E-state index in [-0.39, 0.29) is 6.54 Å². The van der Waals surface area contributed by atoms with Crippen LogP contribution in [0.1, 0.15) is 12.8 Å². The van der Waals surface area contributed by atoms with Gasteiger partial charge in [0.15, 0.2) is 0 Å². The predicted molar refractivity (Wildman–Crippen MR) is 70.1 cm³/mol. The molecule has 9 heteroatoms. The molecule has 0 aromatic carbocycles. The number of hydrogen-bond donors (Lipinski definition) is 2.